The van der Waals surface area contributed by atoms with Crippen LogP contribution < -0.4 is 10.5 Å². The number of rotatable bonds is 4. The third-order valence-electron chi connectivity index (χ3n) is 3.94. The molecular weight excluding hydrogens is 286 g/mol. The highest BCUT2D eigenvalue weighted by Gasteiger charge is 2.57. The summed E-state index contributed by atoms with van der Waals surface area (Å²) in [4.78, 5) is 0.335. The average molecular weight is 303 g/mol. The highest BCUT2D eigenvalue weighted by molar-refractivity contribution is 7.92. The summed E-state index contributed by atoms with van der Waals surface area (Å²) in [5.74, 6) is 0.594. The third kappa shape index (κ3) is 2.43. The van der Waals surface area contributed by atoms with Gasteiger partial charge in [-0.1, -0.05) is 30.3 Å². The van der Waals surface area contributed by atoms with Crippen molar-refractivity contribution in [2.24, 2.45) is 5.73 Å². The summed E-state index contributed by atoms with van der Waals surface area (Å²) >= 11 is 0. The zero-order valence-corrected chi connectivity index (χ0v) is 12.5. The van der Waals surface area contributed by atoms with E-state index in [1.807, 2.05) is 24.3 Å². The predicted molar refractivity (Wildman–Crippen MR) is 81.1 cm³/mol. The van der Waals surface area contributed by atoms with Gasteiger partial charge in [-0.15, -0.1) is 0 Å². The molecule has 1 saturated carbocycles. The number of methoxy groups -OCH3 is 1. The van der Waals surface area contributed by atoms with E-state index in [1.54, 1.807) is 37.4 Å². The molecule has 4 nitrogen and oxygen atoms in total. The molecule has 3 atom stereocenters. The van der Waals surface area contributed by atoms with Crippen LogP contribution in [0, 0.1) is 0 Å². The molecule has 0 heterocycles. The topological polar surface area (TPSA) is 69.4 Å². The maximum absolute atomic E-state index is 12.6. The summed E-state index contributed by atoms with van der Waals surface area (Å²) in [5, 5.41) is -0.548. The zero-order chi connectivity index (χ0) is 15.0. The lowest BCUT2D eigenvalue weighted by molar-refractivity contribution is 0.414. The largest absolute Gasteiger partial charge is 0.497 e. The Labute approximate surface area is 124 Å². The van der Waals surface area contributed by atoms with Gasteiger partial charge in [-0.05, 0) is 29.8 Å². The first kappa shape index (κ1) is 14.1. The molecule has 0 radical (unpaired) electrons. The van der Waals surface area contributed by atoms with Gasteiger partial charge in [-0.2, -0.15) is 0 Å². The average Bonchev–Trinajstić information content (AvgIpc) is 3.20. The van der Waals surface area contributed by atoms with Gasteiger partial charge in [0.05, 0.1) is 17.3 Å². The molecule has 0 bridgehead atoms. The molecule has 1 aliphatic rings. The van der Waals surface area contributed by atoms with Crippen molar-refractivity contribution in [2.45, 2.75) is 22.1 Å². The van der Waals surface area contributed by atoms with E-state index in [0.29, 0.717) is 4.90 Å². The SMILES string of the molecule is COc1ccc([C@H]2[C@H](N)[C@@H]2S(=O)(=O)c2ccccc2)cc1. The molecule has 2 aromatic carbocycles. The Morgan fingerprint density at radius 1 is 1.00 bits per heavy atom. The molecule has 0 spiro atoms. The minimum absolute atomic E-state index is 0.152. The number of sulfone groups is 1. The minimum atomic E-state index is -3.38. The Kier molecular flexibility index (Phi) is 3.47. The molecule has 1 fully saturated rings. The van der Waals surface area contributed by atoms with Crippen molar-refractivity contribution in [3.8, 4) is 5.75 Å². The summed E-state index contributed by atoms with van der Waals surface area (Å²) < 4.78 is 30.3. The van der Waals surface area contributed by atoms with Crippen molar-refractivity contribution in [2.75, 3.05) is 7.11 Å². The van der Waals surface area contributed by atoms with Gasteiger partial charge in [-0.3, -0.25) is 0 Å². The van der Waals surface area contributed by atoms with Crippen LogP contribution in [-0.2, 0) is 9.84 Å². The second kappa shape index (κ2) is 5.16. The Morgan fingerprint density at radius 3 is 2.19 bits per heavy atom. The van der Waals surface area contributed by atoms with Crippen LogP contribution in [0.25, 0.3) is 0 Å². The van der Waals surface area contributed by atoms with Gasteiger partial charge in [0.25, 0.3) is 0 Å². The molecule has 2 aromatic rings. The molecule has 0 aliphatic heterocycles. The maximum Gasteiger partial charge on any atom is 0.183 e. The molecular formula is C16H17NO3S. The van der Waals surface area contributed by atoms with Crippen molar-refractivity contribution >= 4 is 9.84 Å². The van der Waals surface area contributed by atoms with Crippen LogP contribution in [0.5, 0.6) is 5.75 Å². The van der Waals surface area contributed by atoms with E-state index in [4.69, 9.17) is 10.5 Å². The number of benzene rings is 2. The number of hydrogen-bond acceptors (Lipinski definition) is 4. The van der Waals surface area contributed by atoms with E-state index < -0.39 is 15.1 Å². The zero-order valence-electron chi connectivity index (χ0n) is 11.6. The van der Waals surface area contributed by atoms with Crippen LogP contribution in [0.1, 0.15) is 11.5 Å². The summed E-state index contributed by atoms with van der Waals surface area (Å²) in [5.41, 5.74) is 6.96. The van der Waals surface area contributed by atoms with Crippen molar-refractivity contribution in [3.63, 3.8) is 0 Å². The summed E-state index contributed by atoms with van der Waals surface area (Å²) in [6.07, 6.45) is 0. The van der Waals surface area contributed by atoms with E-state index in [9.17, 15) is 8.42 Å². The number of nitrogens with two attached hydrogens (primary N) is 1. The molecule has 0 amide bonds. The first-order chi connectivity index (χ1) is 10.1. The molecule has 5 heteroatoms. The minimum Gasteiger partial charge on any atom is -0.497 e. The van der Waals surface area contributed by atoms with Crippen LogP contribution in [0.4, 0.5) is 0 Å². The molecule has 3 rings (SSSR count). The third-order valence-corrected chi connectivity index (χ3v) is 6.19. The Morgan fingerprint density at radius 2 is 1.62 bits per heavy atom. The van der Waals surface area contributed by atoms with Crippen molar-refractivity contribution in [3.05, 3.63) is 60.2 Å². The van der Waals surface area contributed by atoms with E-state index in [1.165, 1.54) is 0 Å². The van der Waals surface area contributed by atoms with Crippen LogP contribution in [0.2, 0.25) is 0 Å². The lowest BCUT2D eigenvalue weighted by Gasteiger charge is -2.04. The monoisotopic (exact) mass is 303 g/mol. The molecule has 0 aromatic heterocycles. The molecule has 110 valence electrons. The molecule has 0 saturated heterocycles. The molecule has 21 heavy (non-hydrogen) atoms. The van der Waals surface area contributed by atoms with Gasteiger partial charge in [0.1, 0.15) is 5.75 Å². The summed E-state index contributed by atoms with van der Waals surface area (Å²) in [7, 11) is -1.79. The van der Waals surface area contributed by atoms with Crippen molar-refractivity contribution < 1.29 is 13.2 Å². The quantitative estimate of drug-likeness (QED) is 0.937. The fraction of sp³-hybridized carbons (Fsp3) is 0.250. The Hall–Kier alpha value is -1.85. The highest BCUT2D eigenvalue weighted by Crippen LogP contribution is 2.47. The van der Waals surface area contributed by atoms with Crippen LogP contribution in [-0.4, -0.2) is 26.8 Å². The van der Waals surface area contributed by atoms with E-state index in [0.717, 1.165) is 11.3 Å². The number of ether oxygens (including phenoxy) is 1. The molecule has 2 N–H and O–H groups in total. The first-order valence-corrected chi connectivity index (χ1v) is 8.29. The molecule has 0 unspecified atom stereocenters. The van der Waals surface area contributed by atoms with E-state index in [-0.39, 0.29) is 12.0 Å². The van der Waals surface area contributed by atoms with Crippen LogP contribution in [0.3, 0.4) is 0 Å². The second-order valence-electron chi connectivity index (χ2n) is 5.20. The lowest BCUT2D eigenvalue weighted by Crippen LogP contribution is -2.15. The van der Waals surface area contributed by atoms with Crippen LogP contribution >= 0.6 is 0 Å². The fourth-order valence-electron chi connectivity index (χ4n) is 2.71. The van der Waals surface area contributed by atoms with Gasteiger partial charge < -0.3 is 10.5 Å². The fourth-order valence-corrected chi connectivity index (χ4v) is 4.78. The maximum atomic E-state index is 12.6. The normalized spacial score (nSPS) is 24.6. The van der Waals surface area contributed by atoms with Gasteiger partial charge in [0.15, 0.2) is 9.84 Å². The first-order valence-electron chi connectivity index (χ1n) is 6.74. The van der Waals surface area contributed by atoms with Gasteiger partial charge >= 0.3 is 0 Å². The predicted octanol–water partition coefficient (Wildman–Crippen LogP) is 1.96. The molecule has 1 aliphatic carbocycles. The standard InChI is InChI=1S/C16H17NO3S/c1-20-12-9-7-11(8-10-12)14-15(17)16(14)21(18,19)13-5-3-2-4-6-13/h2-10,14-16H,17H2,1H3/t14-,15-,16+/m0/s1. The highest BCUT2D eigenvalue weighted by atomic mass is 32.2. The van der Waals surface area contributed by atoms with E-state index in [2.05, 4.69) is 0 Å². The summed E-state index contributed by atoms with van der Waals surface area (Å²) in [6.45, 7) is 0. The van der Waals surface area contributed by atoms with Gasteiger partial charge in [0.2, 0.25) is 0 Å². The Balaban J connectivity index is 1.88. The van der Waals surface area contributed by atoms with Gasteiger partial charge in [0, 0.05) is 12.0 Å². The van der Waals surface area contributed by atoms with Crippen LogP contribution in [0.15, 0.2) is 59.5 Å². The summed E-state index contributed by atoms with van der Waals surface area (Å²) in [6, 6.07) is 15.5. The van der Waals surface area contributed by atoms with Gasteiger partial charge in [-0.25, -0.2) is 8.42 Å². The second-order valence-corrected chi connectivity index (χ2v) is 7.30. The van der Waals surface area contributed by atoms with Crippen molar-refractivity contribution in [1.82, 2.24) is 0 Å². The Bertz CT molecular complexity index is 726. The lowest BCUT2D eigenvalue weighted by atomic mass is 10.1. The smallest absolute Gasteiger partial charge is 0.183 e. The van der Waals surface area contributed by atoms with Crippen molar-refractivity contribution in [1.29, 1.82) is 0 Å². The van der Waals surface area contributed by atoms with E-state index >= 15 is 0 Å². The number of hydrogen-bond donors (Lipinski definition) is 1.